The molecule has 0 saturated heterocycles. The number of nitrogens with zero attached hydrogens (tertiary/aromatic N) is 1. The van der Waals surface area contributed by atoms with E-state index in [-0.39, 0.29) is 5.91 Å². The number of rotatable bonds is 6. The second kappa shape index (κ2) is 5.98. The SMILES string of the molecule is CCC(C)(CN)C(=O)N(C)CCOC. The van der Waals surface area contributed by atoms with Gasteiger partial charge in [0.2, 0.25) is 5.91 Å². The number of likely N-dealkylation sites (N-methyl/N-ethyl adjacent to an activating group) is 1. The highest BCUT2D eigenvalue weighted by atomic mass is 16.5. The maximum Gasteiger partial charge on any atom is 0.229 e. The van der Waals surface area contributed by atoms with Crippen LogP contribution >= 0.6 is 0 Å². The molecule has 0 aromatic rings. The van der Waals surface area contributed by atoms with Crippen LogP contribution < -0.4 is 5.73 Å². The number of amides is 1. The Kier molecular flexibility index (Phi) is 5.72. The molecule has 4 nitrogen and oxygen atoms in total. The number of nitrogens with two attached hydrogens (primary N) is 1. The van der Waals surface area contributed by atoms with E-state index in [1.165, 1.54) is 0 Å². The molecule has 84 valence electrons. The van der Waals surface area contributed by atoms with Gasteiger partial charge in [-0.05, 0) is 13.3 Å². The standard InChI is InChI=1S/C10H22N2O2/c1-5-10(2,8-11)9(13)12(3)6-7-14-4/h5-8,11H2,1-4H3. The monoisotopic (exact) mass is 202 g/mol. The predicted octanol–water partition coefficient (Wildman–Crippen LogP) is 0.466. The summed E-state index contributed by atoms with van der Waals surface area (Å²) < 4.78 is 4.92. The fourth-order valence-corrected chi connectivity index (χ4v) is 1.17. The third kappa shape index (κ3) is 3.27. The van der Waals surface area contributed by atoms with E-state index in [2.05, 4.69) is 0 Å². The van der Waals surface area contributed by atoms with Crippen molar-refractivity contribution in [1.82, 2.24) is 4.90 Å². The van der Waals surface area contributed by atoms with Crippen molar-refractivity contribution in [2.45, 2.75) is 20.3 Å². The van der Waals surface area contributed by atoms with Crippen LogP contribution in [0.25, 0.3) is 0 Å². The second-order valence-corrected chi connectivity index (χ2v) is 3.84. The summed E-state index contributed by atoms with van der Waals surface area (Å²) in [6.45, 7) is 5.45. The molecule has 0 spiro atoms. The van der Waals surface area contributed by atoms with Gasteiger partial charge in [-0.15, -0.1) is 0 Å². The Balaban J connectivity index is 4.28. The molecule has 14 heavy (non-hydrogen) atoms. The zero-order valence-electron chi connectivity index (χ0n) is 9.67. The maximum atomic E-state index is 11.9. The number of hydrogen-bond donors (Lipinski definition) is 1. The zero-order chi connectivity index (χ0) is 11.2. The predicted molar refractivity (Wildman–Crippen MR) is 57.0 cm³/mol. The van der Waals surface area contributed by atoms with Crippen LogP contribution in [0, 0.1) is 5.41 Å². The molecular weight excluding hydrogens is 180 g/mol. The fourth-order valence-electron chi connectivity index (χ4n) is 1.17. The van der Waals surface area contributed by atoms with E-state index in [1.54, 1.807) is 19.1 Å². The van der Waals surface area contributed by atoms with E-state index >= 15 is 0 Å². The van der Waals surface area contributed by atoms with E-state index in [0.717, 1.165) is 6.42 Å². The van der Waals surface area contributed by atoms with Crippen molar-refractivity contribution in [3.05, 3.63) is 0 Å². The van der Waals surface area contributed by atoms with Crippen LogP contribution in [0.1, 0.15) is 20.3 Å². The van der Waals surface area contributed by atoms with Gasteiger partial charge < -0.3 is 15.4 Å². The Labute approximate surface area is 86.4 Å². The Hall–Kier alpha value is -0.610. The quantitative estimate of drug-likeness (QED) is 0.681. The summed E-state index contributed by atoms with van der Waals surface area (Å²) in [6.07, 6.45) is 0.764. The van der Waals surface area contributed by atoms with Gasteiger partial charge in [0, 0.05) is 27.2 Å². The summed E-state index contributed by atoms with van der Waals surface area (Å²) in [5, 5.41) is 0. The first kappa shape index (κ1) is 13.4. The van der Waals surface area contributed by atoms with Crippen LogP contribution in [0.5, 0.6) is 0 Å². The molecule has 0 fully saturated rings. The van der Waals surface area contributed by atoms with Crippen LogP contribution in [-0.4, -0.2) is 44.7 Å². The highest BCUT2D eigenvalue weighted by molar-refractivity contribution is 5.82. The molecule has 1 unspecified atom stereocenters. The van der Waals surface area contributed by atoms with E-state index < -0.39 is 5.41 Å². The summed E-state index contributed by atoms with van der Waals surface area (Å²) in [6, 6.07) is 0. The largest absolute Gasteiger partial charge is 0.383 e. The minimum Gasteiger partial charge on any atom is -0.383 e. The fraction of sp³-hybridized carbons (Fsp3) is 0.900. The van der Waals surface area contributed by atoms with Crippen molar-refractivity contribution in [3.63, 3.8) is 0 Å². The van der Waals surface area contributed by atoms with Crippen molar-refractivity contribution in [1.29, 1.82) is 0 Å². The lowest BCUT2D eigenvalue weighted by atomic mass is 9.86. The summed E-state index contributed by atoms with van der Waals surface area (Å²) in [5.74, 6) is 0.0968. The van der Waals surface area contributed by atoms with Gasteiger partial charge in [-0.25, -0.2) is 0 Å². The molecule has 4 heteroatoms. The number of carbonyl (C=O) groups is 1. The first-order chi connectivity index (χ1) is 6.51. The average Bonchev–Trinajstić information content (AvgIpc) is 2.23. The van der Waals surface area contributed by atoms with E-state index in [4.69, 9.17) is 10.5 Å². The van der Waals surface area contributed by atoms with Gasteiger partial charge in [-0.1, -0.05) is 6.92 Å². The van der Waals surface area contributed by atoms with Crippen LogP contribution in [0.15, 0.2) is 0 Å². The number of ether oxygens (including phenoxy) is 1. The van der Waals surface area contributed by atoms with E-state index in [1.807, 2.05) is 13.8 Å². The van der Waals surface area contributed by atoms with Crippen molar-refractivity contribution in [3.8, 4) is 0 Å². The van der Waals surface area contributed by atoms with Gasteiger partial charge in [0.25, 0.3) is 0 Å². The van der Waals surface area contributed by atoms with Gasteiger partial charge in [-0.3, -0.25) is 4.79 Å². The van der Waals surface area contributed by atoms with Crippen molar-refractivity contribution in [2.24, 2.45) is 11.1 Å². The van der Waals surface area contributed by atoms with Crippen molar-refractivity contribution < 1.29 is 9.53 Å². The third-order valence-corrected chi connectivity index (χ3v) is 2.72. The summed E-state index contributed by atoms with van der Waals surface area (Å²) >= 11 is 0. The second-order valence-electron chi connectivity index (χ2n) is 3.84. The molecular formula is C10H22N2O2. The van der Waals surface area contributed by atoms with Crippen LogP contribution in [0.3, 0.4) is 0 Å². The van der Waals surface area contributed by atoms with Crippen molar-refractivity contribution >= 4 is 5.91 Å². The summed E-state index contributed by atoms with van der Waals surface area (Å²) in [7, 11) is 3.41. The molecule has 0 radical (unpaired) electrons. The molecule has 0 bridgehead atoms. The summed E-state index contributed by atoms with van der Waals surface area (Å²) in [5.41, 5.74) is 5.18. The smallest absolute Gasteiger partial charge is 0.229 e. The first-order valence-electron chi connectivity index (χ1n) is 4.96. The Morgan fingerprint density at radius 2 is 2.14 bits per heavy atom. The van der Waals surface area contributed by atoms with E-state index in [0.29, 0.717) is 19.7 Å². The van der Waals surface area contributed by atoms with Crippen molar-refractivity contribution in [2.75, 3.05) is 33.9 Å². The molecule has 1 amide bonds. The molecule has 2 N–H and O–H groups in total. The lowest BCUT2D eigenvalue weighted by Gasteiger charge is -2.30. The number of hydrogen-bond acceptors (Lipinski definition) is 3. The summed E-state index contributed by atoms with van der Waals surface area (Å²) in [4.78, 5) is 13.6. The molecule has 0 rings (SSSR count). The molecule has 0 aromatic heterocycles. The Morgan fingerprint density at radius 1 is 1.57 bits per heavy atom. The van der Waals surface area contributed by atoms with E-state index in [9.17, 15) is 4.79 Å². The maximum absolute atomic E-state index is 11.9. The molecule has 0 aliphatic rings. The lowest BCUT2D eigenvalue weighted by Crippen LogP contribution is -2.45. The van der Waals surface area contributed by atoms with Gasteiger partial charge in [0.1, 0.15) is 0 Å². The molecule has 0 aromatic carbocycles. The van der Waals surface area contributed by atoms with Gasteiger partial charge in [0.05, 0.1) is 12.0 Å². The zero-order valence-corrected chi connectivity index (χ0v) is 9.67. The topological polar surface area (TPSA) is 55.6 Å². The average molecular weight is 202 g/mol. The van der Waals surface area contributed by atoms with Gasteiger partial charge in [-0.2, -0.15) is 0 Å². The van der Waals surface area contributed by atoms with Crippen LogP contribution in [0.4, 0.5) is 0 Å². The third-order valence-electron chi connectivity index (χ3n) is 2.72. The highest BCUT2D eigenvalue weighted by Crippen LogP contribution is 2.21. The van der Waals surface area contributed by atoms with Gasteiger partial charge in [0.15, 0.2) is 0 Å². The molecule has 0 aliphatic carbocycles. The Bertz CT molecular complexity index is 179. The minimum absolute atomic E-state index is 0.0968. The normalized spacial score (nSPS) is 14.9. The number of carbonyl (C=O) groups excluding carboxylic acids is 1. The van der Waals surface area contributed by atoms with Crippen LogP contribution in [0.2, 0.25) is 0 Å². The molecule has 0 aliphatic heterocycles. The molecule has 1 atom stereocenters. The first-order valence-corrected chi connectivity index (χ1v) is 4.96. The van der Waals surface area contributed by atoms with Gasteiger partial charge >= 0.3 is 0 Å². The molecule has 0 saturated carbocycles. The Morgan fingerprint density at radius 3 is 2.50 bits per heavy atom. The van der Waals surface area contributed by atoms with Crippen LogP contribution in [-0.2, 0) is 9.53 Å². The number of methoxy groups -OCH3 is 1. The lowest BCUT2D eigenvalue weighted by molar-refractivity contribution is -0.140. The minimum atomic E-state index is -0.428. The molecule has 0 heterocycles. The highest BCUT2D eigenvalue weighted by Gasteiger charge is 2.31.